The molecule has 0 unspecified atom stereocenters. The maximum atomic E-state index is 13.4. The van der Waals surface area contributed by atoms with Crippen molar-refractivity contribution >= 4 is 44.3 Å². The van der Waals surface area contributed by atoms with Crippen LogP contribution >= 0.6 is 11.3 Å². The standard InChI is InChI=1S/C28H37N5O6S2/c1-3-38-21-6-7-22(14-21)39-31-26(20-4-8-24(9-5-20)41(36,37)25-10-11-25)27(35)30-28-29-15-23(40-28)17-32-12-13-33(18-34)19(2)16-32/h4-5,8-9,15,18-19,21-22,25H,3,6-7,10-14,16-17H2,1-2H3,(H,29,30,35)/b31-26+/t19-,21+,22+/m0/s1. The van der Waals surface area contributed by atoms with E-state index in [2.05, 4.69) is 20.4 Å². The van der Waals surface area contributed by atoms with Crippen molar-refractivity contribution in [3.8, 4) is 0 Å². The second-order valence-corrected chi connectivity index (χ2v) is 14.2. The lowest BCUT2D eigenvalue weighted by atomic mass is 10.1. The molecular formula is C28H37N5O6S2. The molecule has 1 aromatic heterocycles. The van der Waals surface area contributed by atoms with E-state index in [0.717, 1.165) is 37.2 Å². The quantitative estimate of drug-likeness (QED) is 0.223. The molecule has 0 radical (unpaired) electrons. The Kier molecular flexibility index (Phi) is 9.37. The van der Waals surface area contributed by atoms with E-state index in [-0.39, 0.29) is 34.1 Å². The Morgan fingerprint density at radius 1 is 1.17 bits per heavy atom. The molecule has 5 rings (SSSR count). The second-order valence-electron chi connectivity index (χ2n) is 10.8. The van der Waals surface area contributed by atoms with Gasteiger partial charge < -0.3 is 14.5 Å². The summed E-state index contributed by atoms with van der Waals surface area (Å²) in [5.74, 6) is -0.490. The van der Waals surface area contributed by atoms with Crippen LogP contribution < -0.4 is 5.32 Å². The van der Waals surface area contributed by atoms with Gasteiger partial charge in [-0.05, 0) is 51.7 Å². The van der Waals surface area contributed by atoms with Crippen LogP contribution in [0.4, 0.5) is 5.13 Å². The topological polar surface area (TPSA) is 130 Å². The predicted octanol–water partition coefficient (Wildman–Crippen LogP) is 3.06. The van der Waals surface area contributed by atoms with E-state index in [1.807, 2.05) is 13.8 Å². The first-order chi connectivity index (χ1) is 19.8. The van der Waals surface area contributed by atoms with Gasteiger partial charge in [0.2, 0.25) is 6.41 Å². The number of hydrogen-bond donors (Lipinski definition) is 1. The highest BCUT2D eigenvalue weighted by atomic mass is 32.2. The molecule has 1 aliphatic heterocycles. The average Bonchev–Trinajstić information content (AvgIpc) is 3.60. The van der Waals surface area contributed by atoms with Crippen molar-refractivity contribution in [3.05, 3.63) is 40.9 Å². The number of benzene rings is 1. The Labute approximate surface area is 244 Å². The number of ether oxygens (including phenoxy) is 1. The molecule has 3 atom stereocenters. The van der Waals surface area contributed by atoms with E-state index in [4.69, 9.17) is 9.57 Å². The van der Waals surface area contributed by atoms with Crippen LogP contribution in [0.25, 0.3) is 0 Å². The molecule has 2 amide bonds. The molecule has 3 aliphatic rings. The van der Waals surface area contributed by atoms with E-state index < -0.39 is 15.7 Å². The van der Waals surface area contributed by atoms with Crippen LogP contribution in [-0.2, 0) is 35.5 Å². The van der Waals surface area contributed by atoms with E-state index >= 15 is 0 Å². The molecule has 11 nitrogen and oxygen atoms in total. The maximum absolute atomic E-state index is 13.4. The summed E-state index contributed by atoms with van der Waals surface area (Å²) in [6.45, 7) is 7.51. The molecule has 1 N–H and O–H groups in total. The fraction of sp³-hybridized carbons (Fsp3) is 0.571. The van der Waals surface area contributed by atoms with Gasteiger partial charge in [-0.2, -0.15) is 0 Å². The van der Waals surface area contributed by atoms with E-state index in [9.17, 15) is 18.0 Å². The number of hydrogen-bond acceptors (Lipinski definition) is 10. The van der Waals surface area contributed by atoms with Crippen LogP contribution in [0, 0.1) is 0 Å². The number of amides is 2. The number of carbonyl (C=O) groups is 2. The number of nitrogens with zero attached hydrogens (tertiary/aromatic N) is 4. The summed E-state index contributed by atoms with van der Waals surface area (Å²) in [4.78, 5) is 40.1. The van der Waals surface area contributed by atoms with E-state index in [0.29, 0.717) is 49.7 Å². The van der Waals surface area contributed by atoms with Crippen molar-refractivity contribution in [2.24, 2.45) is 5.16 Å². The van der Waals surface area contributed by atoms with Gasteiger partial charge in [0.05, 0.1) is 16.2 Å². The smallest absolute Gasteiger partial charge is 0.280 e. The van der Waals surface area contributed by atoms with Gasteiger partial charge in [-0.3, -0.25) is 19.8 Å². The Morgan fingerprint density at radius 3 is 2.61 bits per heavy atom. The normalized spacial score (nSPS) is 23.9. The molecule has 222 valence electrons. The van der Waals surface area contributed by atoms with Gasteiger partial charge in [0, 0.05) is 61.9 Å². The predicted molar refractivity (Wildman–Crippen MR) is 156 cm³/mol. The summed E-state index contributed by atoms with van der Waals surface area (Å²) in [6.07, 6.45) is 6.29. The summed E-state index contributed by atoms with van der Waals surface area (Å²) in [7, 11) is -3.35. The van der Waals surface area contributed by atoms with Crippen LogP contribution in [0.2, 0.25) is 0 Å². The molecule has 2 heterocycles. The Hall–Kier alpha value is -2.87. The Balaban J connectivity index is 1.28. The van der Waals surface area contributed by atoms with Crippen molar-refractivity contribution in [2.75, 3.05) is 31.6 Å². The number of carbonyl (C=O) groups excluding carboxylic acids is 2. The first-order valence-corrected chi connectivity index (χ1v) is 16.5. The molecule has 2 aromatic rings. The zero-order valence-electron chi connectivity index (χ0n) is 23.4. The largest absolute Gasteiger partial charge is 0.392 e. The van der Waals surface area contributed by atoms with Crippen LogP contribution in [-0.4, -0.2) is 91.0 Å². The molecule has 1 aromatic carbocycles. The van der Waals surface area contributed by atoms with Crippen LogP contribution in [0.15, 0.2) is 40.5 Å². The number of nitrogens with one attached hydrogen (secondary N) is 1. The van der Waals surface area contributed by atoms with Crippen molar-refractivity contribution in [1.29, 1.82) is 0 Å². The third-order valence-corrected chi connectivity index (χ3v) is 10.9. The van der Waals surface area contributed by atoms with Gasteiger partial charge in [-0.25, -0.2) is 13.4 Å². The molecule has 2 saturated carbocycles. The number of aromatic nitrogens is 1. The number of rotatable bonds is 12. The summed E-state index contributed by atoms with van der Waals surface area (Å²) >= 11 is 1.38. The zero-order valence-corrected chi connectivity index (χ0v) is 25.0. The minimum absolute atomic E-state index is 0.0517. The Morgan fingerprint density at radius 2 is 1.93 bits per heavy atom. The number of oxime groups is 1. The van der Waals surface area contributed by atoms with Crippen LogP contribution in [0.3, 0.4) is 0 Å². The van der Waals surface area contributed by atoms with E-state index in [1.165, 1.54) is 23.5 Å². The monoisotopic (exact) mass is 603 g/mol. The summed E-state index contributed by atoms with van der Waals surface area (Å²) in [6, 6.07) is 6.39. The summed E-state index contributed by atoms with van der Waals surface area (Å²) in [5, 5.41) is 7.23. The first kappa shape index (κ1) is 29.6. The van der Waals surface area contributed by atoms with Gasteiger partial charge in [0.1, 0.15) is 6.10 Å². The first-order valence-electron chi connectivity index (χ1n) is 14.2. The number of thiazole rings is 1. The lowest BCUT2D eigenvalue weighted by Crippen LogP contribution is -2.50. The number of sulfone groups is 1. The van der Waals surface area contributed by atoms with Crippen molar-refractivity contribution in [2.45, 2.75) is 80.9 Å². The van der Waals surface area contributed by atoms with Crippen LogP contribution in [0.1, 0.15) is 56.4 Å². The van der Waals surface area contributed by atoms with Crippen molar-refractivity contribution in [3.63, 3.8) is 0 Å². The zero-order chi connectivity index (χ0) is 29.0. The lowest BCUT2D eigenvalue weighted by molar-refractivity contribution is -0.122. The van der Waals surface area contributed by atoms with Crippen LogP contribution in [0.5, 0.6) is 0 Å². The highest BCUT2D eigenvalue weighted by Crippen LogP contribution is 2.33. The molecule has 41 heavy (non-hydrogen) atoms. The summed E-state index contributed by atoms with van der Waals surface area (Å²) < 4.78 is 31.0. The molecule has 1 saturated heterocycles. The minimum atomic E-state index is -3.35. The van der Waals surface area contributed by atoms with Gasteiger partial charge in [-0.15, -0.1) is 11.3 Å². The fourth-order valence-corrected chi connectivity index (χ4v) is 7.78. The average molecular weight is 604 g/mol. The van der Waals surface area contributed by atoms with Gasteiger partial charge in [0.15, 0.2) is 20.7 Å². The van der Waals surface area contributed by atoms with Gasteiger partial charge in [-0.1, -0.05) is 17.3 Å². The molecular weight excluding hydrogens is 566 g/mol. The number of piperazine rings is 1. The summed E-state index contributed by atoms with van der Waals surface area (Å²) in [5.41, 5.74) is 0.506. The van der Waals surface area contributed by atoms with Gasteiger partial charge >= 0.3 is 0 Å². The molecule has 0 bridgehead atoms. The van der Waals surface area contributed by atoms with E-state index in [1.54, 1.807) is 23.2 Å². The molecule has 2 aliphatic carbocycles. The second kappa shape index (κ2) is 13.0. The maximum Gasteiger partial charge on any atom is 0.280 e. The molecule has 0 spiro atoms. The fourth-order valence-electron chi connectivity index (χ4n) is 5.27. The number of anilines is 1. The third kappa shape index (κ3) is 7.32. The van der Waals surface area contributed by atoms with Gasteiger partial charge in [0.25, 0.3) is 5.91 Å². The third-order valence-electron chi connectivity index (χ3n) is 7.72. The SMILES string of the molecule is CCO[C@@H]1CC[C@@H](O/N=C(/C(=O)Nc2ncc(CN3CCN(C=O)[C@@H](C)C3)s2)c2ccc(S(=O)(=O)C3CC3)cc2)C1. The highest BCUT2D eigenvalue weighted by Gasteiger charge is 2.37. The highest BCUT2D eigenvalue weighted by molar-refractivity contribution is 7.92. The molecule has 13 heteroatoms. The van der Waals surface area contributed by atoms with Crippen molar-refractivity contribution in [1.82, 2.24) is 14.8 Å². The lowest BCUT2D eigenvalue weighted by Gasteiger charge is -2.37. The minimum Gasteiger partial charge on any atom is -0.392 e. The Bertz CT molecular complexity index is 1360. The van der Waals surface area contributed by atoms with Crippen molar-refractivity contribution < 1.29 is 27.6 Å². The molecule has 3 fully saturated rings.